The second-order valence-corrected chi connectivity index (χ2v) is 7.83. The molecule has 7 nitrogen and oxygen atoms in total. The maximum Gasteiger partial charge on any atom is 0.315 e. The monoisotopic (exact) mass is 333 g/mol. The first-order valence-electron chi connectivity index (χ1n) is 6.67. The molecule has 0 radical (unpaired) electrons. The van der Waals surface area contributed by atoms with Gasteiger partial charge in [0.25, 0.3) is 0 Å². The Bertz CT molecular complexity index is 539. The molecule has 2 rings (SSSR count). The van der Waals surface area contributed by atoms with Gasteiger partial charge in [-0.25, -0.2) is 17.5 Å². The summed E-state index contributed by atoms with van der Waals surface area (Å²) in [4.78, 5) is 11.5. The number of carbonyl (C=O) groups excluding carboxylic acids is 1. The van der Waals surface area contributed by atoms with E-state index in [0.29, 0.717) is 18.8 Å². The van der Waals surface area contributed by atoms with E-state index in [1.807, 2.05) is 0 Å². The summed E-state index contributed by atoms with van der Waals surface area (Å²) in [5.41, 5.74) is 0. The van der Waals surface area contributed by atoms with Gasteiger partial charge in [-0.05, 0) is 12.1 Å². The highest BCUT2D eigenvalue weighted by Gasteiger charge is 2.23. The van der Waals surface area contributed by atoms with Gasteiger partial charge < -0.3 is 15.1 Å². The third kappa shape index (κ3) is 5.25. The van der Waals surface area contributed by atoms with Crippen molar-refractivity contribution in [2.45, 2.75) is 6.54 Å². The van der Waals surface area contributed by atoms with Crippen molar-refractivity contribution in [1.82, 2.24) is 14.9 Å². The molecule has 1 aromatic rings. The summed E-state index contributed by atoms with van der Waals surface area (Å²) >= 11 is 1.75. The molecule has 118 valence electrons. The zero-order chi connectivity index (χ0) is 15.1. The molecule has 1 aromatic heterocycles. The first-order chi connectivity index (χ1) is 10.1. The molecule has 0 unspecified atom stereocenters. The number of rotatable bonds is 6. The number of sulfonamides is 1. The van der Waals surface area contributed by atoms with Gasteiger partial charge in [-0.1, -0.05) is 0 Å². The van der Waals surface area contributed by atoms with Crippen LogP contribution in [0.2, 0.25) is 0 Å². The Morgan fingerprint density at radius 2 is 2.10 bits per heavy atom. The Balaban J connectivity index is 1.66. The van der Waals surface area contributed by atoms with Crippen molar-refractivity contribution in [3.8, 4) is 0 Å². The smallest absolute Gasteiger partial charge is 0.315 e. The zero-order valence-electron chi connectivity index (χ0n) is 11.6. The van der Waals surface area contributed by atoms with Crippen molar-refractivity contribution in [3.63, 3.8) is 0 Å². The number of carbonyl (C=O) groups is 1. The van der Waals surface area contributed by atoms with Crippen molar-refractivity contribution >= 4 is 27.8 Å². The molecule has 0 atom stereocenters. The summed E-state index contributed by atoms with van der Waals surface area (Å²) in [6.45, 7) is 1.47. The Labute approximate surface area is 128 Å². The Morgan fingerprint density at radius 3 is 2.76 bits per heavy atom. The highest BCUT2D eigenvalue weighted by Crippen LogP contribution is 2.12. The number of thioether (sulfide) groups is 1. The van der Waals surface area contributed by atoms with Crippen molar-refractivity contribution in [2.24, 2.45) is 0 Å². The maximum atomic E-state index is 12.0. The molecule has 0 saturated carbocycles. The zero-order valence-corrected chi connectivity index (χ0v) is 13.2. The van der Waals surface area contributed by atoms with Crippen LogP contribution in [-0.2, 0) is 16.6 Å². The summed E-state index contributed by atoms with van der Waals surface area (Å²) in [6, 6.07) is 3.08. The maximum absolute atomic E-state index is 12.0. The molecule has 1 fully saturated rings. The van der Waals surface area contributed by atoms with Crippen molar-refractivity contribution in [1.29, 1.82) is 0 Å². The number of nitrogens with one attached hydrogen (secondary N) is 2. The average molecular weight is 333 g/mol. The van der Waals surface area contributed by atoms with Crippen LogP contribution in [0.5, 0.6) is 0 Å². The van der Waals surface area contributed by atoms with Crippen LogP contribution < -0.4 is 10.6 Å². The van der Waals surface area contributed by atoms with Crippen LogP contribution >= 0.6 is 11.8 Å². The molecule has 1 aliphatic heterocycles. The number of furan rings is 1. The molecule has 2 heterocycles. The lowest BCUT2D eigenvalue weighted by Gasteiger charge is -2.25. The minimum absolute atomic E-state index is 0.0775. The average Bonchev–Trinajstić information content (AvgIpc) is 2.99. The largest absolute Gasteiger partial charge is 0.467 e. The van der Waals surface area contributed by atoms with Gasteiger partial charge in [-0.2, -0.15) is 11.8 Å². The number of nitrogens with zero attached hydrogens (tertiary/aromatic N) is 1. The van der Waals surface area contributed by atoms with Gasteiger partial charge in [0.2, 0.25) is 10.0 Å². The van der Waals surface area contributed by atoms with Crippen molar-refractivity contribution < 1.29 is 17.6 Å². The molecule has 2 amide bonds. The van der Waals surface area contributed by atoms with Gasteiger partial charge >= 0.3 is 6.03 Å². The molecule has 1 aliphatic rings. The Morgan fingerprint density at radius 1 is 1.33 bits per heavy atom. The summed E-state index contributed by atoms with van der Waals surface area (Å²) in [5, 5.41) is 5.13. The predicted molar refractivity (Wildman–Crippen MR) is 81.6 cm³/mol. The Kier molecular flexibility index (Phi) is 5.95. The van der Waals surface area contributed by atoms with E-state index < -0.39 is 16.1 Å². The van der Waals surface area contributed by atoms with Gasteiger partial charge in [-0.15, -0.1) is 0 Å². The predicted octanol–water partition coefficient (Wildman–Crippen LogP) is 0.457. The summed E-state index contributed by atoms with van der Waals surface area (Å²) in [6.07, 6.45) is 1.53. The molecular formula is C12H19N3O4S2. The van der Waals surface area contributed by atoms with E-state index in [2.05, 4.69) is 10.6 Å². The molecule has 0 spiro atoms. The summed E-state index contributed by atoms with van der Waals surface area (Å²) in [7, 11) is -3.28. The Hall–Kier alpha value is -1.19. The fraction of sp³-hybridized carbons (Fsp3) is 0.583. The van der Waals surface area contributed by atoms with Crippen LogP contribution in [0, 0.1) is 0 Å². The van der Waals surface area contributed by atoms with Crippen molar-refractivity contribution in [2.75, 3.05) is 36.9 Å². The first kappa shape index (κ1) is 16.2. The van der Waals surface area contributed by atoms with Crippen molar-refractivity contribution in [3.05, 3.63) is 24.2 Å². The van der Waals surface area contributed by atoms with Crippen LogP contribution in [0.15, 0.2) is 22.8 Å². The van der Waals surface area contributed by atoms with Gasteiger partial charge in [0, 0.05) is 31.1 Å². The first-order valence-corrected chi connectivity index (χ1v) is 9.44. The molecule has 21 heavy (non-hydrogen) atoms. The molecule has 0 aliphatic carbocycles. The lowest BCUT2D eigenvalue weighted by atomic mass is 10.4. The normalized spacial score (nSPS) is 16.6. The second-order valence-electron chi connectivity index (χ2n) is 4.52. The van der Waals surface area contributed by atoms with Gasteiger partial charge in [0.15, 0.2) is 0 Å². The molecule has 0 aromatic carbocycles. The lowest BCUT2D eigenvalue weighted by Crippen LogP contribution is -2.43. The number of hydrogen-bond donors (Lipinski definition) is 2. The van der Waals surface area contributed by atoms with Crippen LogP contribution in [0.25, 0.3) is 0 Å². The number of urea groups is 1. The van der Waals surface area contributed by atoms with E-state index in [0.717, 1.165) is 11.5 Å². The SMILES string of the molecule is O=C(NCCS(=O)(=O)N1CCSCC1)NCc1ccco1. The molecule has 2 N–H and O–H groups in total. The quantitative estimate of drug-likeness (QED) is 0.789. The standard InChI is InChI=1S/C12H19N3O4S2/c16-12(14-10-11-2-1-6-19-11)13-3-9-21(17,18)15-4-7-20-8-5-15/h1-2,6H,3-5,7-10H2,(H2,13,14,16). The summed E-state index contributed by atoms with van der Waals surface area (Å²) < 4.78 is 30.7. The number of amides is 2. The molecule has 1 saturated heterocycles. The third-order valence-electron chi connectivity index (χ3n) is 3.01. The van der Waals surface area contributed by atoms with E-state index in [1.165, 1.54) is 10.6 Å². The highest BCUT2D eigenvalue weighted by atomic mass is 32.2. The fourth-order valence-electron chi connectivity index (χ4n) is 1.89. The topological polar surface area (TPSA) is 91.7 Å². The van der Waals surface area contributed by atoms with Crippen LogP contribution in [0.3, 0.4) is 0 Å². The van der Waals surface area contributed by atoms with Crippen LogP contribution in [-0.4, -0.2) is 55.6 Å². The number of hydrogen-bond acceptors (Lipinski definition) is 5. The van der Waals surface area contributed by atoms with Gasteiger partial charge in [0.05, 0.1) is 18.6 Å². The van der Waals surface area contributed by atoms with E-state index in [4.69, 9.17) is 4.42 Å². The second kappa shape index (κ2) is 7.71. The van der Waals surface area contributed by atoms with E-state index >= 15 is 0 Å². The molecule has 0 bridgehead atoms. The van der Waals surface area contributed by atoms with Crippen LogP contribution in [0.4, 0.5) is 4.79 Å². The minimum atomic E-state index is -3.28. The fourth-order valence-corrected chi connectivity index (χ4v) is 4.38. The van der Waals surface area contributed by atoms with Gasteiger partial charge in [-0.3, -0.25) is 0 Å². The van der Waals surface area contributed by atoms with E-state index in [-0.39, 0.29) is 18.8 Å². The molecular weight excluding hydrogens is 314 g/mol. The lowest BCUT2D eigenvalue weighted by molar-refractivity contribution is 0.240. The third-order valence-corrected chi connectivity index (χ3v) is 5.83. The van der Waals surface area contributed by atoms with Gasteiger partial charge in [0.1, 0.15) is 5.76 Å². The molecule has 9 heteroatoms. The highest BCUT2D eigenvalue weighted by molar-refractivity contribution is 7.99. The van der Waals surface area contributed by atoms with Crippen LogP contribution in [0.1, 0.15) is 5.76 Å². The summed E-state index contributed by atoms with van der Waals surface area (Å²) in [5.74, 6) is 2.22. The minimum Gasteiger partial charge on any atom is -0.467 e. The van der Waals surface area contributed by atoms with E-state index in [9.17, 15) is 13.2 Å². The van der Waals surface area contributed by atoms with E-state index in [1.54, 1.807) is 23.9 Å².